The van der Waals surface area contributed by atoms with Gasteiger partial charge in [0, 0.05) is 11.1 Å². The van der Waals surface area contributed by atoms with Crippen LogP contribution in [0.5, 0.6) is 0 Å². The van der Waals surface area contributed by atoms with Crippen LogP contribution in [0.3, 0.4) is 0 Å². The number of carbonyl (C=O) groups excluding carboxylic acids is 2. The molecule has 1 saturated heterocycles. The third-order valence-electron chi connectivity index (χ3n) is 10.2. The first-order chi connectivity index (χ1) is 28.1. The maximum atomic E-state index is 14.3. The van der Waals surface area contributed by atoms with E-state index < -0.39 is 35.2 Å². The number of ether oxygens (including phenoxy) is 2. The van der Waals surface area contributed by atoms with E-state index in [1.807, 2.05) is 34.6 Å². The summed E-state index contributed by atoms with van der Waals surface area (Å²) < 4.78 is 80.9. The first kappa shape index (κ1) is 50.7. The number of hydrogen-bond acceptors (Lipinski definition) is 9. The van der Waals surface area contributed by atoms with Gasteiger partial charge >= 0.3 is 19.1 Å². The molecular weight excluding hydrogens is 873 g/mol. The summed E-state index contributed by atoms with van der Waals surface area (Å²) in [6, 6.07) is 13.7. The number of aromatic nitrogens is 4. The van der Waals surface area contributed by atoms with E-state index in [9.17, 15) is 27.2 Å². The number of rotatable bonds is 6. The summed E-state index contributed by atoms with van der Waals surface area (Å²) in [7, 11) is 2.31. The molecule has 3 N–H and O–H groups in total. The van der Waals surface area contributed by atoms with Gasteiger partial charge in [0.15, 0.2) is 0 Å². The highest BCUT2D eigenvalue weighted by Gasteiger charge is 2.51. The second kappa shape index (κ2) is 19.6. The molecule has 6 aromatic rings. The van der Waals surface area contributed by atoms with E-state index in [0.29, 0.717) is 49.4 Å². The van der Waals surface area contributed by atoms with Crippen LogP contribution in [0, 0.1) is 37.1 Å². The Balaban J connectivity index is 0.000000258. The first-order valence-electron chi connectivity index (χ1n) is 18.5. The Bertz CT molecular complexity index is 2640. The van der Waals surface area contributed by atoms with Crippen molar-refractivity contribution in [2.45, 2.75) is 74.0 Å². The third kappa shape index (κ3) is 9.55. The maximum Gasteiger partial charge on any atom is 0.489 e. The van der Waals surface area contributed by atoms with E-state index in [2.05, 4.69) is 39.3 Å². The maximum absolute atomic E-state index is 14.3. The van der Waals surface area contributed by atoms with Crippen LogP contribution in [0.2, 0.25) is 0 Å². The Morgan fingerprint density at radius 3 is 1.42 bits per heavy atom. The van der Waals surface area contributed by atoms with Crippen LogP contribution < -0.4 is 6.15 Å². The summed E-state index contributed by atoms with van der Waals surface area (Å²) in [6.07, 6.45) is 0. The van der Waals surface area contributed by atoms with Crippen LogP contribution in [-0.2, 0) is 18.8 Å². The molecule has 0 amide bonds. The molecule has 17 heteroatoms. The van der Waals surface area contributed by atoms with Crippen molar-refractivity contribution >= 4 is 51.6 Å². The molecule has 0 saturated carbocycles. The quantitative estimate of drug-likeness (QED) is 0.0748. The number of nitrogens with zero attached hydrogens (tertiary/aromatic N) is 4. The van der Waals surface area contributed by atoms with E-state index in [1.54, 1.807) is 39.0 Å². The van der Waals surface area contributed by atoms with Gasteiger partial charge in [-0.05, 0) is 125 Å². The third-order valence-corrected chi connectivity index (χ3v) is 10.9. The SMILES string of the molecule is C.C=C(C)B1OC(C)(C)C(C)(C)O1.C=C(C)c1c(C(=O)OC)ccc2c(-c3c(F)cccc3F)c(C)nn12.COC(=O)c1ccc2c(-c3c(F)cccc3F)c(C)nn2c1Br.N. The van der Waals surface area contributed by atoms with Gasteiger partial charge in [-0.15, -0.1) is 6.58 Å². The van der Waals surface area contributed by atoms with E-state index in [4.69, 9.17) is 18.8 Å². The average molecular weight is 925 g/mol. The minimum absolute atomic E-state index is 0. The molecule has 330 valence electrons. The van der Waals surface area contributed by atoms with Gasteiger partial charge in [-0.3, -0.25) is 0 Å². The van der Waals surface area contributed by atoms with E-state index in [-0.39, 0.29) is 54.2 Å². The van der Waals surface area contributed by atoms with E-state index in [0.717, 1.165) is 5.47 Å². The predicted octanol–water partition coefficient (Wildman–Crippen LogP) is 11.5. The highest BCUT2D eigenvalue weighted by molar-refractivity contribution is 9.10. The summed E-state index contributed by atoms with van der Waals surface area (Å²) >= 11 is 3.29. The molecule has 1 fully saturated rings. The molecule has 2 aromatic carbocycles. The molecule has 7 rings (SSSR count). The number of pyridine rings is 2. The number of esters is 2. The van der Waals surface area contributed by atoms with Gasteiger partial charge in [-0.2, -0.15) is 10.2 Å². The number of benzene rings is 2. The van der Waals surface area contributed by atoms with Crippen LogP contribution in [0.15, 0.2) is 83.9 Å². The van der Waals surface area contributed by atoms with Crippen molar-refractivity contribution in [2.24, 2.45) is 0 Å². The van der Waals surface area contributed by atoms with Crippen LogP contribution in [0.1, 0.15) is 86.8 Å². The predicted molar refractivity (Wildman–Crippen MR) is 238 cm³/mol. The van der Waals surface area contributed by atoms with Crippen molar-refractivity contribution in [3.8, 4) is 22.3 Å². The Morgan fingerprint density at radius 2 is 1.05 bits per heavy atom. The van der Waals surface area contributed by atoms with Gasteiger partial charge < -0.3 is 24.9 Å². The topological polar surface area (TPSA) is 141 Å². The second-order valence-corrected chi connectivity index (χ2v) is 15.8. The zero-order chi connectivity index (χ0) is 44.6. The van der Waals surface area contributed by atoms with Crippen molar-refractivity contribution in [1.29, 1.82) is 0 Å². The molecule has 0 radical (unpaired) electrons. The van der Waals surface area contributed by atoms with Crippen molar-refractivity contribution in [1.82, 2.24) is 25.4 Å². The van der Waals surface area contributed by atoms with Crippen LogP contribution in [-0.4, -0.2) is 63.7 Å². The number of aryl methyl sites for hydroxylation is 2. The van der Waals surface area contributed by atoms with Crippen molar-refractivity contribution in [3.05, 3.63) is 135 Å². The lowest BCUT2D eigenvalue weighted by molar-refractivity contribution is 0.00578. The minimum Gasteiger partial charge on any atom is -0.465 e. The Hall–Kier alpha value is -5.62. The second-order valence-electron chi connectivity index (χ2n) is 15.0. The number of halogens is 5. The molecule has 0 spiro atoms. The van der Waals surface area contributed by atoms with Gasteiger partial charge in [-0.25, -0.2) is 36.2 Å². The van der Waals surface area contributed by atoms with Gasteiger partial charge in [0.1, 0.15) is 27.9 Å². The number of methoxy groups -OCH3 is 2. The van der Waals surface area contributed by atoms with Gasteiger partial charge in [0.05, 0.1) is 75.8 Å². The van der Waals surface area contributed by atoms with Crippen LogP contribution in [0.4, 0.5) is 17.6 Å². The number of allylic oxidation sites excluding steroid dienone is 2. The fourth-order valence-corrected chi connectivity index (χ4v) is 7.07. The molecule has 0 aliphatic carbocycles. The zero-order valence-corrected chi connectivity index (χ0v) is 37.2. The molecule has 5 heterocycles. The lowest BCUT2D eigenvalue weighted by atomic mass is 9.81. The highest BCUT2D eigenvalue weighted by Crippen LogP contribution is 2.39. The average Bonchev–Trinajstić information content (AvgIpc) is 3.77. The summed E-state index contributed by atoms with van der Waals surface area (Å²) in [5.74, 6) is -3.76. The van der Waals surface area contributed by atoms with Crippen LogP contribution in [0.25, 0.3) is 38.9 Å². The standard InChI is InChI=1S/C19H16F2N2O2.C16H11BrF2N2O2.C9H17BO2.CH4.H3N/c1-10(2)18-12(19(24)25-4)8-9-15-16(11(3)22-23(15)18)17-13(20)6-5-7-14(17)21;1-8-13(14-10(18)4-3-5-11(14)19)12-7-6-9(16(22)23-2)15(17)21(12)20-8;1-7(2)10-11-8(3,4)9(5,6)12-10;;/h5-9H,1H2,2-4H3;3-7H,1-2H3;1H2,2-6H3;1H4;1H3. The molecule has 0 bridgehead atoms. The lowest BCUT2D eigenvalue weighted by Crippen LogP contribution is -2.41. The molecule has 1 aliphatic rings. The Kier molecular flexibility index (Phi) is 16.1. The largest absolute Gasteiger partial charge is 0.489 e. The Morgan fingerprint density at radius 1 is 0.677 bits per heavy atom. The first-order valence-corrected chi connectivity index (χ1v) is 19.3. The van der Waals surface area contributed by atoms with Crippen molar-refractivity contribution < 1.29 is 45.9 Å². The summed E-state index contributed by atoms with van der Waals surface area (Å²) in [4.78, 5) is 23.8. The fraction of sp³-hybridized carbons (Fsp3) is 0.289. The summed E-state index contributed by atoms with van der Waals surface area (Å²) in [5.41, 5.74) is 4.25. The van der Waals surface area contributed by atoms with Gasteiger partial charge in [-0.1, -0.05) is 31.6 Å². The molecule has 0 atom stereocenters. The number of carbonyl (C=O) groups is 2. The van der Waals surface area contributed by atoms with Gasteiger partial charge in [0.2, 0.25) is 0 Å². The molecule has 1 aliphatic heterocycles. The Labute approximate surface area is 367 Å². The van der Waals surface area contributed by atoms with E-state index in [1.165, 1.54) is 65.7 Å². The van der Waals surface area contributed by atoms with Crippen molar-refractivity contribution in [3.63, 3.8) is 0 Å². The monoisotopic (exact) mass is 923 g/mol. The fourth-order valence-electron chi connectivity index (χ4n) is 6.50. The molecule has 4 aromatic heterocycles. The highest BCUT2D eigenvalue weighted by atomic mass is 79.9. The molecule has 11 nitrogen and oxygen atoms in total. The van der Waals surface area contributed by atoms with Crippen LogP contribution >= 0.6 is 15.9 Å². The van der Waals surface area contributed by atoms with Gasteiger partial charge in [0.25, 0.3) is 0 Å². The molecular formula is C45H51BBrF4N5O6. The molecule has 0 unspecified atom stereocenters. The summed E-state index contributed by atoms with van der Waals surface area (Å²) in [5, 5.41) is 8.66. The molecule has 62 heavy (non-hydrogen) atoms. The number of hydrogen-bond donors (Lipinski definition) is 1. The smallest absolute Gasteiger partial charge is 0.465 e. The number of fused-ring (bicyclic) bond motifs is 2. The zero-order valence-electron chi connectivity index (χ0n) is 35.6. The lowest BCUT2D eigenvalue weighted by Gasteiger charge is -2.32. The van der Waals surface area contributed by atoms with Crippen molar-refractivity contribution in [2.75, 3.05) is 14.2 Å². The summed E-state index contributed by atoms with van der Waals surface area (Å²) in [6.45, 7) is 22.8. The van der Waals surface area contributed by atoms with E-state index >= 15 is 0 Å². The normalized spacial score (nSPS) is 13.5. The minimum atomic E-state index is -0.674.